The molecule has 0 atom stereocenters. The van der Waals surface area contributed by atoms with Crippen LogP contribution < -0.4 is 5.32 Å². The maximum atomic E-state index is 12.9. The minimum absolute atomic E-state index is 0.0282. The third-order valence-corrected chi connectivity index (χ3v) is 5.12. The average molecular weight is 345 g/mol. The van der Waals surface area contributed by atoms with Crippen LogP contribution in [0.1, 0.15) is 41.1 Å². The topological polar surface area (TPSA) is 46.9 Å². The molecule has 1 heterocycles. The molecule has 0 fully saturated rings. The minimum atomic E-state index is 0.0282. The van der Waals surface area contributed by atoms with Gasteiger partial charge < -0.3 is 5.32 Å². The number of amides is 1. The molecule has 0 bridgehead atoms. The van der Waals surface area contributed by atoms with Crippen molar-refractivity contribution in [2.45, 2.75) is 31.6 Å². The van der Waals surface area contributed by atoms with Crippen LogP contribution in [0.2, 0.25) is 0 Å². The van der Waals surface area contributed by atoms with Crippen LogP contribution in [0.25, 0.3) is 0 Å². The van der Waals surface area contributed by atoms with Gasteiger partial charge in [-0.2, -0.15) is 5.10 Å². The Morgan fingerprint density at radius 2 is 1.65 bits per heavy atom. The van der Waals surface area contributed by atoms with Gasteiger partial charge in [-0.15, -0.1) is 0 Å². The third kappa shape index (κ3) is 3.27. The molecule has 26 heavy (non-hydrogen) atoms. The molecule has 0 aliphatic heterocycles. The molecule has 0 unspecified atom stereocenters. The van der Waals surface area contributed by atoms with Crippen LogP contribution in [0.3, 0.4) is 0 Å². The van der Waals surface area contributed by atoms with Crippen molar-refractivity contribution >= 4 is 11.7 Å². The molecule has 0 saturated heterocycles. The molecule has 4 rings (SSSR count). The number of aryl methyl sites for hydroxylation is 2. The first-order valence-corrected chi connectivity index (χ1v) is 9.17. The van der Waals surface area contributed by atoms with Crippen molar-refractivity contribution in [3.63, 3.8) is 0 Å². The summed E-state index contributed by atoms with van der Waals surface area (Å²) in [6.45, 7) is 0. The van der Waals surface area contributed by atoms with Crippen LogP contribution in [0.5, 0.6) is 0 Å². The maximum absolute atomic E-state index is 12.9. The molecule has 0 radical (unpaired) electrons. The van der Waals surface area contributed by atoms with E-state index >= 15 is 0 Å². The van der Waals surface area contributed by atoms with Crippen molar-refractivity contribution in [3.8, 4) is 0 Å². The fourth-order valence-electron chi connectivity index (χ4n) is 3.84. The lowest BCUT2D eigenvalue weighted by atomic mass is 9.88. The lowest BCUT2D eigenvalue weighted by Crippen LogP contribution is -2.19. The fraction of sp³-hybridized carbons (Fsp3) is 0.273. The Morgan fingerprint density at radius 1 is 1.04 bits per heavy atom. The Bertz CT molecular complexity index is 860. The SMILES string of the molecule is Cn1nc2c(c1NC(=O)CC(c1ccccc1)c1ccccc1)CCC2. The van der Waals surface area contributed by atoms with Crippen LogP contribution in [0, 0.1) is 0 Å². The Balaban J connectivity index is 1.57. The number of aromatic nitrogens is 2. The van der Waals surface area contributed by atoms with E-state index in [0.717, 1.165) is 41.9 Å². The molecule has 4 heteroatoms. The second-order valence-electron chi connectivity index (χ2n) is 6.88. The zero-order valence-electron chi connectivity index (χ0n) is 15.0. The number of carbonyl (C=O) groups excluding carboxylic acids is 1. The Morgan fingerprint density at radius 3 is 2.27 bits per heavy atom. The summed E-state index contributed by atoms with van der Waals surface area (Å²) in [5, 5.41) is 7.66. The van der Waals surface area contributed by atoms with Gasteiger partial charge in [0.2, 0.25) is 5.91 Å². The van der Waals surface area contributed by atoms with Gasteiger partial charge >= 0.3 is 0 Å². The number of hydrogen-bond acceptors (Lipinski definition) is 2. The average Bonchev–Trinajstić information content (AvgIpc) is 3.23. The number of benzene rings is 2. The highest BCUT2D eigenvalue weighted by atomic mass is 16.1. The molecule has 1 aromatic heterocycles. The van der Waals surface area contributed by atoms with Crippen LogP contribution in [-0.2, 0) is 24.7 Å². The van der Waals surface area contributed by atoms with Crippen molar-refractivity contribution in [2.75, 3.05) is 5.32 Å². The largest absolute Gasteiger partial charge is 0.311 e. The zero-order chi connectivity index (χ0) is 17.9. The number of fused-ring (bicyclic) bond motifs is 1. The summed E-state index contributed by atoms with van der Waals surface area (Å²) < 4.78 is 1.81. The molecule has 4 nitrogen and oxygen atoms in total. The van der Waals surface area contributed by atoms with Gasteiger partial charge in [0.15, 0.2) is 0 Å². The molecule has 2 aromatic carbocycles. The predicted octanol–water partition coefficient (Wildman–Crippen LogP) is 4.07. The summed E-state index contributed by atoms with van der Waals surface area (Å²) in [6, 6.07) is 20.5. The van der Waals surface area contributed by atoms with Crippen molar-refractivity contribution in [2.24, 2.45) is 7.05 Å². The van der Waals surface area contributed by atoms with Crippen LogP contribution in [-0.4, -0.2) is 15.7 Å². The summed E-state index contributed by atoms with van der Waals surface area (Å²) in [6.07, 6.45) is 3.54. The monoisotopic (exact) mass is 345 g/mol. The van der Waals surface area contributed by atoms with Gasteiger partial charge in [0, 0.05) is 24.9 Å². The molecule has 0 saturated carbocycles. The minimum Gasteiger partial charge on any atom is -0.311 e. The summed E-state index contributed by atoms with van der Waals surface area (Å²) in [4.78, 5) is 12.9. The first kappa shape index (κ1) is 16.6. The smallest absolute Gasteiger partial charge is 0.226 e. The highest BCUT2D eigenvalue weighted by Crippen LogP contribution is 2.31. The zero-order valence-corrected chi connectivity index (χ0v) is 15.0. The van der Waals surface area contributed by atoms with E-state index in [1.807, 2.05) is 48.1 Å². The van der Waals surface area contributed by atoms with E-state index in [2.05, 4.69) is 34.7 Å². The van der Waals surface area contributed by atoms with Gasteiger partial charge in [-0.05, 0) is 30.4 Å². The van der Waals surface area contributed by atoms with Crippen LogP contribution in [0.15, 0.2) is 60.7 Å². The molecule has 1 aliphatic rings. The number of carbonyl (C=O) groups is 1. The Hall–Kier alpha value is -2.88. The van der Waals surface area contributed by atoms with Gasteiger partial charge in [0.25, 0.3) is 0 Å². The van der Waals surface area contributed by atoms with E-state index in [1.54, 1.807) is 0 Å². The lowest BCUT2D eigenvalue weighted by Gasteiger charge is -2.18. The molecule has 132 valence electrons. The van der Waals surface area contributed by atoms with Gasteiger partial charge in [0.1, 0.15) is 5.82 Å². The molecule has 1 aliphatic carbocycles. The highest BCUT2D eigenvalue weighted by molar-refractivity contribution is 5.91. The van der Waals surface area contributed by atoms with Gasteiger partial charge in [-0.1, -0.05) is 60.7 Å². The number of hydrogen-bond donors (Lipinski definition) is 1. The van der Waals surface area contributed by atoms with E-state index in [4.69, 9.17) is 0 Å². The van der Waals surface area contributed by atoms with Crippen molar-refractivity contribution in [3.05, 3.63) is 83.0 Å². The number of anilines is 1. The van der Waals surface area contributed by atoms with Crippen molar-refractivity contribution in [1.82, 2.24) is 9.78 Å². The second-order valence-corrected chi connectivity index (χ2v) is 6.88. The number of nitrogens with one attached hydrogen (secondary N) is 1. The normalized spacial score (nSPS) is 13.0. The first-order valence-electron chi connectivity index (χ1n) is 9.17. The highest BCUT2D eigenvalue weighted by Gasteiger charge is 2.24. The quantitative estimate of drug-likeness (QED) is 0.758. The van der Waals surface area contributed by atoms with Crippen LogP contribution in [0.4, 0.5) is 5.82 Å². The summed E-state index contributed by atoms with van der Waals surface area (Å²) in [7, 11) is 1.90. The second kappa shape index (κ2) is 7.16. The summed E-state index contributed by atoms with van der Waals surface area (Å²) in [5.41, 5.74) is 4.65. The number of nitrogens with zero attached hydrogens (tertiary/aromatic N) is 2. The fourth-order valence-corrected chi connectivity index (χ4v) is 3.84. The predicted molar refractivity (Wildman–Crippen MR) is 103 cm³/mol. The summed E-state index contributed by atoms with van der Waals surface area (Å²) >= 11 is 0. The lowest BCUT2D eigenvalue weighted by molar-refractivity contribution is -0.116. The Kier molecular flexibility index (Phi) is 4.57. The van der Waals surface area contributed by atoms with Crippen LogP contribution >= 0.6 is 0 Å². The molecular formula is C22H23N3O. The van der Waals surface area contributed by atoms with E-state index < -0.39 is 0 Å². The molecule has 3 aromatic rings. The molecule has 0 spiro atoms. The maximum Gasteiger partial charge on any atom is 0.226 e. The van der Waals surface area contributed by atoms with E-state index in [9.17, 15) is 4.79 Å². The molecular weight excluding hydrogens is 322 g/mol. The standard InChI is InChI=1S/C22H23N3O/c1-25-22(18-13-8-14-20(18)24-25)23-21(26)15-19(16-9-4-2-5-10-16)17-11-6-3-7-12-17/h2-7,9-12,19H,8,13-15H2,1H3,(H,23,26). The number of rotatable bonds is 5. The molecule has 1 amide bonds. The summed E-state index contributed by atoms with van der Waals surface area (Å²) in [5.74, 6) is 0.932. The van der Waals surface area contributed by atoms with E-state index in [-0.39, 0.29) is 11.8 Å². The van der Waals surface area contributed by atoms with E-state index in [1.165, 1.54) is 5.56 Å². The van der Waals surface area contributed by atoms with Gasteiger partial charge in [-0.25, -0.2) is 0 Å². The van der Waals surface area contributed by atoms with E-state index in [0.29, 0.717) is 6.42 Å². The first-order chi connectivity index (χ1) is 12.7. The van der Waals surface area contributed by atoms with Crippen molar-refractivity contribution < 1.29 is 4.79 Å². The van der Waals surface area contributed by atoms with Gasteiger partial charge in [-0.3, -0.25) is 9.48 Å². The Labute approximate surface area is 153 Å². The third-order valence-electron chi connectivity index (χ3n) is 5.12. The van der Waals surface area contributed by atoms with Crippen molar-refractivity contribution in [1.29, 1.82) is 0 Å². The molecule has 1 N–H and O–H groups in total. The van der Waals surface area contributed by atoms with Gasteiger partial charge in [0.05, 0.1) is 5.69 Å².